The maximum atomic E-state index is 9.75. The summed E-state index contributed by atoms with van der Waals surface area (Å²) in [5, 5.41) is 18.7. The highest BCUT2D eigenvalue weighted by Gasteiger charge is 2.44. The van der Waals surface area contributed by atoms with Gasteiger partial charge in [-0.25, -0.2) is 9.50 Å². The van der Waals surface area contributed by atoms with Gasteiger partial charge in [0, 0.05) is 84.0 Å². The van der Waals surface area contributed by atoms with E-state index in [0.29, 0.717) is 17.6 Å². The number of aromatic nitrogens is 5. The van der Waals surface area contributed by atoms with Crippen molar-refractivity contribution in [2.75, 3.05) is 24.2 Å². The van der Waals surface area contributed by atoms with Crippen molar-refractivity contribution in [1.82, 2.24) is 29.3 Å². The fourth-order valence-electron chi connectivity index (χ4n) is 6.07. The van der Waals surface area contributed by atoms with Crippen molar-refractivity contribution in [2.24, 2.45) is 0 Å². The van der Waals surface area contributed by atoms with Gasteiger partial charge in [0.25, 0.3) is 0 Å². The normalized spacial score (nSPS) is 18.6. The van der Waals surface area contributed by atoms with Crippen LogP contribution in [0.15, 0.2) is 78.3 Å². The second kappa shape index (κ2) is 10.1. The third-order valence-electron chi connectivity index (χ3n) is 8.27. The molecule has 200 valence electrons. The van der Waals surface area contributed by atoms with E-state index in [1.165, 1.54) is 16.9 Å². The fourth-order valence-corrected chi connectivity index (χ4v) is 6.48. The summed E-state index contributed by atoms with van der Waals surface area (Å²) < 4.78 is 3.70. The molecule has 8 nitrogen and oxygen atoms in total. The first-order valence-corrected chi connectivity index (χ1v) is 14.9. The van der Waals surface area contributed by atoms with E-state index >= 15 is 0 Å². The number of aryl methyl sites for hydroxylation is 1. The highest BCUT2D eigenvalue weighted by atomic mass is 32.2. The summed E-state index contributed by atoms with van der Waals surface area (Å²) in [6, 6.07) is 18.7. The van der Waals surface area contributed by atoms with E-state index in [2.05, 4.69) is 81.7 Å². The van der Waals surface area contributed by atoms with Gasteiger partial charge >= 0.3 is 0 Å². The van der Waals surface area contributed by atoms with Crippen LogP contribution in [0.2, 0.25) is 0 Å². The molecule has 0 N–H and O–H groups in total. The number of hydrogen-bond acceptors (Lipinski definition) is 7. The largest absolute Gasteiger partial charge is 0.353 e. The molecule has 2 atom stereocenters. The summed E-state index contributed by atoms with van der Waals surface area (Å²) in [5.74, 6) is 1.01. The quantitative estimate of drug-likeness (QED) is 0.255. The summed E-state index contributed by atoms with van der Waals surface area (Å²) in [6.07, 6.45) is 12.8. The molecule has 3 aliphatic heterocycles. The van der Waals surface area contributed by atoms with Crippen molar-refractivity contribution in [2.45, 2.75) is 43.4 Å². The first-order chi connectivity index (χ1) is 19.6. The van der Waals surface area contributed by atoms with Crippen LogP contribution in [0.1, 0.15) is 24.5 Å². The number of fused-ring (bicyclic) bond motifs is 3. The van der Waals surface area contributed by atoms with Crippen molar-refractivity contribution >= 4 is 23.1 Å². The van der Waals surface area contributed by atoms with Crippen LogP contribution in [-0.2, 0) is 13.1 Å². The van der Waals surface area contributed by atoms with Crippen LogP contribution in [0, 0.1) is 11.3 Å². The monoisotopic (exact) mass is 546 g/mol. The molecule has 4 aromatic heterocycles. The van der Waals surface area contributed by atoms with E-state index in [4.69, 9.17) is 4.98 Å². The standard InChI is InChI=1S/C31H30N8S/c1-3-37-17-25(15-34-37)23-10-29(31-24(12-32)14-35-39(31)18-23)22-6-9-30(33-13-22)36-19-26-11-27(20-36)38(26)16-21-4-7-28(40-2)8-5-21/h4-10,13-15,17-18,26-27H,3,11,16,19-20H2,1-2H3. The Labute approximate surface area is 237 Å². The molecule has 0 radical (unpaired) electrons. The Hall–Kier alpha value is -4.13. The Morgan fingerprint density at radius 1 is 0.950 bits per heavy atom. The number of nitriles is 1. The lowest BCUT2D eigenvalue weighted by molar-refractivity contribution is -0.00869. The lowest BCUT2D eigenvalue weighted by atomic mass is 9.86. The number of piperidine rings is 1. The van der Waals surface area contributed by atoms with Gasteiger partial charge in [0.05, 0.1) is 23.5 Å². The number of rotatable bonds is 7. The van der Waals surface area contributed by atoms with Gasteiger partial charge in [-0.1, -0.05) is 12.1 Å². The summed E-state index contributed by atoms with van der Waals surface area (Å²) in [7, 11) is 0. The highest BCUT2D eigenvalue weighted by molar-refractivity contribution is 7.98. The smallest absolute Gasteiger partial charge is 0.128 e. The molecular weight excluding hydrogens is 516 g/mol. The molecule has 0 amide bonds. The molecule has 0 saturated carbocycles. The van der Waals surface area contributed by atoms with Crippen molar-refractivity contribution in [3.8, 4) is 28.3 Å². The lowest BCUT2D eigenvalue weighted by Crippen LogP contribution is -2.68. The summed E-state index contributed by atoms with van der Waals surface area (Å²) in [6.45, 7) is 5.88. The number of pyridine rings is 2. The third kappa shape index (κ3) is 4.34. The zero-order valence-electron chi connectivity index (χ0n) is 22.6. The number of hydrogen-bond donors (Lipinski definition) is 0. The van der Waals surface area contributed by atoms with Crippen molar-refractivity contribution < 1.29 is 0 Å². The maximum absolute atomic E-state index is 9.75. The summed E-state index contributed by atoms with van der Waals surface area (Å²) in [5.41, 5.74) is 6.65. The van der Waals surface area contributed by atoms with Crippen LogP contribution in [0.25, 0.3) is 27.8 Å². The van der Waals surface area contributed by atoms with Gasteiger partial charge in [-0.05, 0) is 55.5 Å². The minimum absolute atomic E-state index is 0.550. The highest BCUT2D eigenvalue weighted by Crippen LogP contribution is 2.37. The second-order valence-corrected chi connectivity index (χ2v) is 11.4. The van der Waals surface area contributed by atoms with E-state index in [-0.39, 0.29) is 0 Å². The first kappa shape index (κ1) is 24.9. The number of benzene rings is 1. The number of piperazine rings is 1. The van der Waals surface area contributed by atoms with Crippen LogP contribution < -0.4 is 4.90 Å². The molecule has 5 aromatic rings. The molecule has 3 aliphatic rings. The average molecular weight is 547 g/mol. The molecule has 7 heterocycles. The van der Waals surface area contributed by atoms with Crippen LogP contribution in [-0.4, -0.2) is 60.7 Å². The van der Waals surface area contributed by atoms with Crippen LogP contribution in [0.3, 0.4) is 0 Å². The molecule has 1 aromatic carbocycles. The van der Waals surface area contributed by atoms with Gasteiger partial charge in [-0.2, -0.15) is 15.5 Å². The average Bonchev–Trinajstić information content (AvgIpc) is 3.67. The SMILES string of the molecule is CCn1cc(-c2cc(-c3ccc(N4CC5CC(C4)N5Cc4ccc(SC)cc4)nc3)c3c(C#N)cnn3c2)cn1. The first-order valence-electron chi connectivity index (χ1n) is 13.7. The number of anilines is 1. The topological polar surface area (TPSA) is 78.3 Å². The predicted molar refractivity (Wildman–Crippen MR) is 158 cm³/mol. The molecule has 3 saturated heterocycles. The fraction of sp³-hybridized carbons (Fsp3) is 0.290. The van der Waals surface area contributed by atoms with Gasteiger partial charge < -0.3 is 4.90 Å². The van der Waals surface area contributed by atoms with Gasteiger partial charge in [0.2, 0.25) is 0 Å². The zero-order valence-corrected chi connectivity index (χ0v) is 23.4. The Balaban J connectivity index is 1.12. The Morgan fingerprint density at radius 3 is 2.45 bits per heavy atom. The van der Waals surface area contributed by atoms with E-state index < -0.39 is 0 Å². The molecular formula is C31H30N8S. The maximum Gasteiger partial charge on any atom is 0.128 e. The minimum atomic E-state index is 0.550. The molecule has 40 heavy (non-hydrogen) atoms. The third-order valence-corrected chi connectivity index (χ3v) is 9.02. The van der Waals surface area contributed by atoms with Crippen molar-refractivity contribution in [3.63, 3.8) is 0 Å². The Morgan fingerprint density at radius 2 is 1.77 bits per heavy atom. The lowest BCUT2D eigenvalue weighted by Gasteiger charge is -2.56. The molecule has 2 bridgehead atoms. The van der Waals surface area contributed by atoms with Crippen LogP contribution in [0.5, 0.6) is 0 Å². The summed E-state index contributed by atoms with van der Waals surface area (Å²) >= 11 is 1.79. The molecule has 9 heteroatoms. The predicted octanol–water partition coefficient (Wildman–Crippen LogP) is 5.34. The molecule has 2 unspecified atom stereocenters. The van der Waals surface area contributed by atoms with E-state index in [9.17, 15) is 5.26 Å². The number of nitrogens with zero attached hydrogens (tertiary/aromatic N) is 8. The molecule has 3 fully saturated rings. The van der Waals surface area contributed by atoms with Gasteiger partial charge in [-0.15, -0.1) is 11.8 Å². The van der Waals surface area contributed by atoms with E-state index in [0.717, 1.165) is 59.8 Å². The van der Waals surface area contributed by atoms with E-state index in [1.54, 1.807) is 22.5 Å². The molecule has 0 aliphatic carbocycles. The molecule has 0 spiro atoms. The Bertz CT molecular complexity index is 1700. The molecule has 8 rings (SSSR count). The van der Waals surface area contributed by atoms with Crippen molar-refractivity contribution in [1.29, 1.82) is 5.26 Å². The van der Waals surface area contributed by atoms with E-state index in [1.807, 2.05) is 29.5 Å². The van der Waals surface area contributed by atoms with Crippen molar-refractivity contribution in [3.05, 3.63) is 84.6 Å². The van der Waals surface area contributed by atoms with Crippen LogP contribution in [0.4, 0.5) is 5.82 Å². The van der Waals surface area contributed by atoms with Gasteiger partial charge in [0.15, 0.2) is 0 Å². The summed E-state index contributed by atoms with van der Waals surface area (Å²) in [4.78, 5) is 11.3. The second-order valence-electron chi connectivity index (χ2n) is 10.6. The Kier molecular flexibility index (Phi) is 6.29. The number of thioether (sulfide) groups is 1. The zero-order chi connectivity index (χ0) is 27.2. The van der Waals surface area contributed by atoms with Gasteiger partial charge in [0.1, 0.15) is 11.9 Å². The van der Waals surface area contributed by atoms with Gasteiger partial charge in [-0.3, -0.25) is 9.58 Å². The minimum Gasteiger partial charge on any atom is -0.353 e. The van der Waals surface area contributed by atoms with Crippen LogP contribution >= 0.6 is 11.8 Å².